The molecular weight excluding hydrogens is 647 g/mol. The molecule has 0 aromatic rings. The Morgan fingerprint density at radius 2 is 1.10 bits per heavy atom. The number of phosphoric acid groups is 1. The van der Waals surface area contributed by atoms with Crippen LogP contribution in [0.2, 0.25) is 0 Å². The largest absolute Gasteiger partial charge is 0.756 e. The van der Waals surface area contributed by atoms with Crippen molar-refractivity contribution in [2.24, 2.45) is 0 Å². The van der Waals surface area contributed by atoms with Crippen LogP contribution in [-0.4, -0.2) is 68.5 Å². The van der Waals surface area contributed by atoms with E-state index < -0.39 is 20.0 Å². The highest BCUT2D eigenvalue weighted by Gasteiger charge is 2.23. The van der Waals surface area contributed by atoms with Crippen LogP contribution in [0, 0.1) is 0 Å². The number of carbonyl (C=O) groups is 1. The monoisotopic (exact) mass is 729 g/mol. The molecule has 0 aliphatic heterocycles. The van der Waals surface area contributed by atoms with Crippen molar-refractivity contribution in [3.05, 3.63) is 24.3 Å². The maximum Gasteiger partial charge on any atom is 0.268 e. The van der Waals surface area contributed by atoms with E-state index in [0.29, 0.717) is 17.4 Å². The molecule has 1 unspecified atom stereocenters. The minimum atomic E-state index is -4.58. The molecule has 0 aliphatic rings. The van der Waals surface area contributed by atoms with Gasteiger partial charge in [0, 0.05) is 6.42 Å². The average molecular weight is 729 g/mol. The lowest BCUT2D eigenvalue weighted by atomic mass is 10.0. The molecule has 8 nitrogen and oxygen atoms in total. The van der Waals surface area contributed by atoms with Crippen molar-refractivity contribution in [2.45, 2.75) is 193 Å². The molecule has 0 saturated heterocycles. The Bertz CT molecular complexity index is 876. The molecule has 0 fully saturated rings. The van der Waals surface area contributed by atoms with Crippen LogP contribution in [0.25, 0.3) is 0 Å². The second-order valence-corrected chi connectivity index (χ2v) is 16.8. The van der Waals surface area contributed by atoms with Gasteiger partial charge in [-0.2, -0.15) is 0 Å². The van der Waals surface area contributed by atoms with Crippen LogP contribution in [-0.2, 0) is 18.4 Å². The number of nitrogens with one attached hydrogen (secondary N) is 1. The van der Waals surface area contributed by atoms with E-state index in [0.717, 1.165) is 25.7 Å². The molecule has 0 saturated carbocycles. The number of hydrogen-bond donors (Lipinski definition) is 2. The zero-order valence-corrected chi connectivity index (χ0v) is 34.2. The van der Waals surface area contributed by atoms with Gasteiger partial charge in [-0.3, -0.25) is 9.36 Å². The molecule has 0 aliphatic carbocycles. The Labute approximate surface area is 309 Å². The number of nitrogens with zero attached hydrogens (tertiary/aromatic N) is 1. The molecule has 1 amide bonds. The van der Waals surface area contributed by atoms with Crippen LogP contribution in [0.4, 0.5) is 0 Å². The normalized spacial score (nSPS) is 14.8. The quantitative estimate of drug-likeness (QED) is 0.0285. The van der Waals surface area contributed by atoms with Crippen molar-refractivity contribution in [3.8, 4) is 0 Å². The number of carbonyl (C=O) groups excluding carboxylic acids is 1. The van der Waals surface area contributed by atoms with Gasteiger partial charge in [0.25, 0.3) is 7.82 Å². The molecule has 0 heterocycles. The number of hydrogen-bond acceptors (Lipinski definition) is 6. The lowest BCUT2D eigenvalue weighted by Crippen LogP contribution is -2.46. The first-order valence-corrected chi connectivity index (χ1v) is 22.1. The van der Waals surface area contributed by atoms with Crippen molar-refractivity contribution >= 4 is 13.7 Å². The van der Waals surface area contributed by atoms with E-state index in [1.807, 2.05) is 39.4 Å². The fourth-order valence-corrected chi connectivity index (χ4v) is 6.55. The van der Waals surface area contributed by atoms with Crippen LogP contribution in [0.3, 0.4) is 0 Å². The third-order valence-electron chi connectivity index (χ3n) is 9.20. The van der Waals surface area contributed by atoms with E-state index in [1.165, 1.54) is 128 Å². The second kappa shape index (κ2) is 33.8. The maximum atomic E-state index is 12.8. The van der Waals surface area contributed by atoms with Crippen molar-refractivity contribution in [1.82, 2.24) is 5.32 Å². The summed E-state index contributed by atoms with van der Waals surface area (Å²) in [6.45, 7) is 4.62. The summed E-state index contributed by atoms with van der Waals surface area (Å²) in [5.41, 5.74) is 0. The van der Waals surface area contributed by atoms with E-state index in [9.17, 15) is 19.4 Å². The molecule has 0 bridgehead atoms. The third kappa shape index (κ3) is 35.4. The van der Waals surface area contributed by atoms with Crippen LogP contribution in [0.15, 0.2) is 24.3 Å². The van der Waals surface area contributed by atoms with Gasteiger partial charge in [0.15, 0.2) is 0 Å². The summed E-state index contributed by atoms with van der Waals surface area (Å²) in [6, 6.07) is -0.876. The van der Waals surface area contributed by atoms with Crippen molar-refractivity contribution in [2.75, 3.05) is 40.9 Å². The van der Waals surface area contributed by atoms with Gasteiger partial charge in [-0.05, 0) is 32.1 Å². The van der Waals surface area contributed by atoms with Gasteiger partial charge in [0.05, 0.1) is 39.9 Å². The molecule has 0 aromatic carbocycles. The highest BCUT2D eigenvalue weighted by Crippen LogP contribution is 2.38. The van der Waals surface area contributed by atoms with E-state index >= 15 is 0 Å². The van der Waals surface area contributed by atoms with Crippen LogP contribution >= 0.6 is 7.82 Å². The van der Waals surface area contributed by atoms with Crippen LogP contribution in [0.1, 0.15) is 181 Å². The number of allylic oxidation sites excluding steroid dienone is 2. The lowest BCUT2D eigenvalue weighted by Gasteiger charge is -2.29. The number of rotatable bonds is 37. The zero-order chi connectivity index (χ0) is 37.2. The van der Waals surface area contributed by atoms with Crippen LogP contribution in [0.5, 0.6) is 0 Å². The molecule has 0 spiro atoms. The second-order valence-electron chi connectivity index (χ2n) is 15.4. The Hall–Kier alpha value is -1.02. The minimum absolute atomic E-state index is 0.00442. The summed E-state index contributed by atoms with van der Waals surface area (Å²) in [7, 11) is 1.25. The summed E-state index contributed by atoms with van der Waals surface area (Å²) in [5, 5.41) is 13.7. The fourth-order valence-electron chi connectivity index (χ4n) is 5.83. The van der Waals surface area contributed by atoms with Gasteiger partial charge in [-0.25, -0.2) is 0 Å². The first kappa shape index (κ1) is 49.0. The zero-order valence-electron chi connectivity index (χ0n) is 33.4. The van der Waals surface area contributed by atoms with Crippen LogP contribution < -0.4 is 10.2 Å². The van der Waals surface area contributed by atoms with E-state index in [-0.39, 0.29) is 25.5 Å². The predicted molar refractivity (Wildman–Crippen MR) is 210 cm³/mol. The van der Waals surface area contributed by atoms with Gasteiger partial charge in [-0.1, -0.05) is 167 Å². The number of amides is 1. The van der Waals surface area contributed by atoms with Gasteiger partial charge >= 0.3 is 0 Å². The Morgan fingerprint density at radius 1 is 0.680 bits per heavy atom. The number of aliphatic hydroxyl groups is 1. The molecule has 2 N–H and O–H groups in total. The van der Waals surface area contributed by atoms with Crippen molar-refractivity contribution in [3.63, 3.8) is 0 Å². The van der Waals surface area contributed by atoms with Gasteiger partial charge in [-0.15, -0.1) is 0 Å². The summed E-state index contributed by atoms with van der Waals surface area (Å²) < 4.78 is 23.1. The summed E-state index contributed by atoms with van der Waals surface area (Å²) in [4.78, 5) is 25.2. The van der Waals surface area contributed by atoms with E-state index in [2.05, 4.69) is 25.2 Å². The van der Waals surface area contributed by atoms with E-state index in [1.54, 1.807) is 0 Å². The molecule has 9 heteroatoms. The smallest absolute Gasteiger partial charge is 0.268 e. The van der Waals surface area contributed by atoms with Crippen molar-refractivity contribution < 1.29 is 32.9 Å². The number of quaternary nitrogens is 1. The maximum absolute atomic E-state index is 12.8. The first-order valence-electron chi connectivity index (χ1n) is 20.7. The predicted octanol–water partition coefficient (Wildman–Crippen LogP) is 10.3. The Kier molecular flexibility index (Phi) is 33.1. The highest BCUT2D eigenvalue weighted by atomic mass is 31.2. The van der Waals surface area contributed by atoms with Gasteiger partial charge < -0.3 is 28.8 Å². The molecule has 0 aromatic heterocycles. The van der Waals surface area contributed by atoms with Crippen molar-refractivity contribution in [1.29, 1.82) is 0 Å². The molecule has 0 radical (unpaired) electrons. The number of aliphatic hydroxyl groups excluding tert-OH is 1. The summed E-state index contributed by atoms with van der Waals surface area (Å²) in [6.07, 6.45) is 37.9. The number of likely N-dealkylation sites (N-methyl/N-ethyl adjacent to an activating group) is 1. The minimum Gasteiger partial charge on any atom is -0.756 e. The molecule has 50 heavy (non-hydrogen) atoms. The number of phosphoric ester groups is 1. The molecular formula is C41H81N2O6P. The van der Waals surface area contributed by atoms with Gasteiger partial charge in [0.2, 0.25) is 5.91 Å². The summed E-state index contributed by atoms with van der Waals surface area (Å²) >= 11 is 0. The average Bonchev–Trinajstić information content (AvgIpc) is 3.06. The third-order valence-corrected chi connectivity index (χ3v) is 10.2. The standard InChI is InChI=1S/C41H81N2O6P/c1-6-8-10-12-14-16-18-20-21-23-25-27-29-31-33-35-41(45)42-39(38-49-50(46,47)48-37-36-43(3,4)5)40(44)34-32-30-28-26-24-22-19-17-15-13-11-9-7-2/h30-33,39-40,44H,6-29,34-38H2,1-5H3,(H-,42,45,46,47)/t39-,40+/m0/s1. The highest BCUT2D eigenvalue weighted by molar-refractivity contribution is 7.45. The molecule has 296 valence electrons. The fraction of sp³-hybridized carbons (Fsp3) is 0.878. The SMILES string of the molecule is CCCCCCCCCCCCC=CC[C@@H](O)[C@H](COP(=O)([O-])OCC[N+](C)(C)C)NC(=O)CC=CCCCCCCCCCCCCCC. The topological polar surface area (TPSA) is 108 Å². The first-order chi connectivity index (χ1) is 24.0. The number of unbranched alkanes of at least 4 members (excludes halogenated alkanes) is 22. The summed E-state index contributed by atoms with van der Waals surface area (Å²) in [5.74, 6) is -0.274. The Balaban J connectivity index is 4.52. The Morgan fingerprint density at radius 3 is 1.54 bits per heavy atom. The lowest BCUT2D eigenvalue weighted by molar-refractivity contribution is -0.870. The van der Waals surface area contributed by atoms with E-state index in [4.69, 9.17) is 9.05 Å². The van der Waals surface area contributed by atoms with Gasteiger partial charge in [0.1, 0.15) is 13.2 Å². The molecule has 0 rings (SSSR count). The molecule has 3 atom stereocenters.